The van der Waals surface area contributed by atoms with Crippen LogP contribution in [0.25, 0.3) is 10.9 Å². The van der Waals surface area contributed by atoms with Gasteiger partial charge in [-0.15, -0.1) is 0 Å². The number of nitrogens with zero attached hydrogens (tertiary/aromatic N) is 1. The molecule has 0 atom stereocenters. The second kappa shape index (κ2) is 6.40. The third kappa shape index (κ3) is 3.11. The molecule has 0 aliphatic heterocycles. The molecule has 0 bridgehead atoms. The highest BCUT2D eigenvalue weighted by molar-refractivity contribution is 5.97. The first kappa shape index (κ1) is 14.9. The molecule has 4 heteroatoms. The molecule has 4 nitrogen and oxygen atoms in total. The molecule has 23 heavy (non-hydrogen) atoms. The number of aromatic nitrogens is 1. The first-order valence-corrected chi connectivity index (χ1v) is 7.28. The first-order valence-electron chi connectivity index (χ1n) is 7.28. The van der Waals surface area contributed by atoms with Gasteiger partial charge >= 0.3 is 5.97 Å². The van der Waals surface area contributed by atoms with Crippen molar-refractivity contribution in [2.45, 2.75) is 6.54 Å². The number of benzene rings is 2. The standard InChI is InChI=1S/C19H16NO3/c1-23-19(22)16-10-8-15(9-11-16)18(21)13-20-12-4-6-14-5-2-3-7-17(14)20/h2-12H,13H2,1H3/q+1. The van der Waals surface area contributed by atoms with Gasteiger partial charge in [0.1, 0.15) is 0 Å². The Morgan fingerprint density at radius 3 is 2.30 bits per heavy atom. The van der Waals surface area contributed by atoms with Crippen LogP contribution in [0.4, 0.5) is 0 Å². The minimum atomic E-state index is -0.410. The minimum Gasteiger partial charge on any atom is -0.465 e. The number of hydrogen-bond acceptors (Lipinski definition) is 3. The molecule has 0 saturated heterocycles. The number of carbonyl (C=O) groups excluding carboxylic acids is 2. The fraction of sp³-hybridized carbons (Fsp3) is 0.105. The molecule has 3 rings (SSSR count). The molecule has 0 saturated carbocycles. The predicted octanol–water partition coefficient (Wildman–Crippen LogP) is 2.80. The zero-order chi connectivity index (χ0) is 16.2. The summed E-state index contributed by atoms with van der Waals surface area (Å²) in [4.78, 5) is 23.9. The van der Waals surface area contributed by atoms with E-state index in [1.165, 1.54) is 7.11 Å². The lowest BCUT2D eigenvalue weighted by Crippen LogP contribution is -2.38. The Bertz CT molecular complexity index is 864. The predicted molar refractivity (Wildman–Crippen MR) is 86.3 cm³/mol. The molecule has 0 aliphatic rings. The third-order valence-corrected chi connectivity index (χ3v) is 3.73. The lowest BCUT2D eigenvalue weighted by molar-refractivity contribution is -0.657. The molecule has 0 radical (unpaired) electrons. The van der Waals surface area contributed by atoms with Crippen LogP contribution in [0.5, 0.6) is 0 Å². The topological polar surface area (TPSA) is 47.3 Å². The number of carbonyl (C=O) groups is 2. The van der Waals surface area contributed by atoms with Crippen molar-refractivity contribution in [3.05, 3.63) is 78.0 Å². The Labute approximate surface area is 133 Å². The number of rotatable bonds is 4. The molecule has 0 aliphatic carbocycles. The second-order valence-electron chi connectivity index (χ2n) is 5.19. The molecule has 1 aromatic heterocycles. The Morgan fingerprint density at radius 2 is 1.57 bits per heavy atom. The Hall–Kier alpha value is -3.01. The van der Waals surface area contributed by atoms with Gasteiger partial charge in [-0.05, 0) is 24.3 Å². The maximum absolute atomic E-state index is 12.5. The third-order valence-electron chi connectivity index (χ3n) is 3.73. The van der Waals surface area contributed by atoms with Gasteiger partial charge in [0.2, 0.25) is 17.8 Å². The summed E-state index contributed by atoms with van der Waals surface area (Å²) < 4.78 is 6.57. The van der Waals surface area contributed by atoms with E-state index < -0.39 is 5.97 Å². The molecule has 2 aromatic carbocycles. The zero-order valence-corrected chi connectivity index (χ0v) is 12.7. The van der Waals surface area contributed by atoms with Crippen LogP contribution >= 0.6 is 0 Å². The number of ketones is 1. The molecule has 3 aromatic rings. The minimum absolute atomic E-state index is 0.0113. The quantitative estimate of drug-likeness (QED) is 0.423. The SMILES string of the molecule is COC(=O)c1ccc(C(=O)C[n+]2cccc3ccccc32)cc1. The van der Waals surface area contributed by atoms with Crippen LogP contribution < -0.4 is 4.57 Å². The van der Waals surface area contributed by atoms with Crippen molar-refractivity contribution in [3.63, 3.8) is 0 Å². The van der Waals surface area contributed by atoms with Crippen molar-refractivity contribution >= 4 is 22.7 Å². The molecule has 1 heterocycles. The maximum Gasteiger partial charge on any atom is 0.337 e. The van der Waals surface area contributed by atoms with E-state index >= 15 is 0 Å². The van der Waals surface area contributed by atoms with Crippen LogP contribution in [-0.2, 0) is 11.3 Å². The van der Waals surface area contributed by atoms with Crippen LogP contribution in [0.3, 0.4) is 0 Å². The van der Waals surface area contributed by atoms with E-state index in [1.807, 2.05) is 47.2 Å². The number of para-hydroxylation sites is 1. The molecule has 0 spiro atoms. The van der Waals surface area contributed by atoms with Gasteiger partial charge < -0.3 is 4.74 Å². The van der Waals surface area contributed by atoms with Crippen molar-refractivity contribution in [2.24, 2.45) is 0 Å². The summed E-state index contributed by atoms with van der Waals surface area (Å²) in [5, 5.41) is 1.09. The van der Waals surface area contributed by atoms with Crippen LogP contribution in [-0.4, -0.2) is 18.9 Å². The van der Waals surface area contributed by atoms with Crippen molar-refractivity contribution in [2.75, 3.05) is 7.11 Å². The Morgan fingerprint density at radius 1 is 0.913 bits per heavy atom. The summed E-state index contributed by atoms with van der Waals surface area (Å²) in [6.45, 7) is 0.249. The first-order chi connectivity index (χ1) is 11.2. The molecule has 0 N–H and O–H groups in total. The molecule has 0 unspecified atom stereocenters. The van der Waals surface area contributed by atoms with E-state index in [2.05, 4.69) is 4.74 Å². The summed E-state index contributed by atoms with van der Waals surface area (Å²) in [6.07, 6.45) is 1.89. The lowest BCUT2D eigenvalue weighted by Gasteiger charge is -2.03. The Balaban J connectivity index is 1.85. The smallest absolute Gasteiger partial charge is 0.337 e. The van der Waals surface area contributed by atoms with E-state index in [0.717, 1.165) is 10.9 Å². The average Bonchev–Trinajstić information content (AvgIpc) is 2.61. The molecule has 0 fully saturated rings. The molecule has 0 amide bonds. The van der Waals surface area contributed by atoms with Crippen molar-refractivity contribution < 1.29 is 18.9 Å². The number of fused-ring (bicyclic) bond motifs is 1. The summed E-state index contributed by atoms with van der Waals surface area (Å²) in [5.74, 6) is -0.421. The second-order valence-corrected chi connectivity index (χ2v) is 5.19. The highest BCUT2D eigenvalue weighted by atomic mass is 16.5. The van der Waals surface area contributed by atoms with E-state index in [4.69, 9.17) is 0 Å². The highest BCUT2D eigenvalue weighted by Crippen LogP contribution is 2.10. The van der Waals surface area contributed by atoms with E-state index in [0.29, 0.717) is 11.1 Å². The van der Waals surface area contributed by atoms with Gasteiger partial charge in [0, 0.05) is 23.1 Å². The van der Waals surface area contributed by atoms with Gasteiger partial charge in [-0.25, -0.2) is 4.79 Å². The molecule has 114 valence electrons. The van der Waals surface area contributed by atoms with E-state index in [9.17, 15) is 9.59 Å². The number of esters is 1. The number of hydrogen-bond donors (Lipinski definition) is 0. The van der Waals surface area contributed by atoms with E-state index in [1.54, 1.807) is 24.3 Å². The number of pyridine rings is 1. The normalized spacial score (nSPS) is 10.5. The van der Waals surface area contributed by atoms with Crippen LogP contribution in [0.2, 0.25) is 0 Å². The summed E-state index contributed by atoms with van der Waals surface area (Å²) >= 11 is 0. The highest BCUT2D eigenvalue weighted by Gasteiger charge is 2.15. The monoisotopic (exact) mass is 306 g/mol. The lowest BCUT2D eigenvalue weighted by atomic mass is 10.1. The Kier molecular flexibility index (Phi) is 4.15. The summed E-state index contributed by atoms with van der Waals surface area (Å²) in [6, 6.07) is 18.4. The van der Waals surface area contributed by atoms with Crippen LogP contribution in [0.15, 0.2) is 66.9 Å². The van der Waals surface area contributed by atoms with E-state index in [-0.39, 0.29) is 12.3 Å². The maximum atomic E-state index is 12.5. The van der Waals surface area contributed by atoms with Gasteiger partial charge in [0.25, 0.3) is 0 Å². The number of methoxy groups -OCH3 is 1. The van der Waals surface area contributed by atoms with Crippen molar-refractivity contribution in [1.29, 1.82) is 0 Å². The molecular formula is C19H16NO3+. The van der Waals surface area contributed by atoms with Gasteiger partial charge in [-0.2, -0.15) is 4.57 Å². The number of Topliss-reactive ketones (excluding diaryl/α,β-unsaturated/α-hetero) is 1. The van der Waals surface area contributed by atoms with Gasteiger partial charge in [-0.3, -0.25) is 4.79 Å². The average molecular weight is 306 g/mol. The summed E-state index contributed by atoms with van der Waals surface area (Å²) in [7, 11) is 1.33. The fourth-order valence-corrected chi connectivity index (χ4v) is 2.51. The number of ether oxygens (including phenoxy) is 1. The molecular weight excluding hydrogens is 290 g/mol. The largest absolute Gasteiger partial charge is 0.465 e. The fourth-order valence-electron chi connectivity index (χ4n) is 2.51. The zero-order valence-electron chi connectivity index (χ0n) is 12.7. The van der Waals surface area contributed by atoms with Gasteiger partial charge in [0.15, 0.2) is 6.20 Å². The van der Waals surface area contributed by atoms with Crippen LogP contribution in [0.1, 0.15) is 20.7 Å². The van der Waals surface area contributed by atoms with Gasteiger partial charge in [0.05, 0.1) is 12.7 Å². The van der Waals surface area contributed by atoms with Crippen molar-refractivity contribution in [3.8, 4) is 0 Å². The van der Waals surface area contributed by atoms with Crippen molar-refractivity contribution in [1.82, 2.24) is 0 Å². The van der Waals surface area contributed by atoms with Crippen LogP contribution in [0, 0.1) is 0 Å². The summed E-state index contributed by atoms with van der Waals surface area (Å²) in [5.41, 5.74) is 2.01. The van der Waals surface area contributed by atoms with Gasteiger partial charge in [-0.1, -0.05) is 24.3 Å².